The molecule has 7 nitrogen and oxygen atoms in total. The summed E-state index contributed by atoms with van der Waals surface area (Å²) in [5, 5.41) is 4.37. The fourth-order valence-corrected chi connectivity index (χ4v) is 3.94. The number of ether oxygens (including phenoxy) is 1. The van der Waals surface area contributed by atoms with Crippen LogP contribution in [0.2, 0.25) is 0 Å². The fraction of sp³-hybridized carbons (Fsp3) is 0.458. The van der Waals surface area contributed by atoms with E-state index in [-0.39, 0.29) is 18.3 Å². The lowest BCUT2D eigenvalue weighted by Crippen LogP contribution is -2.43. The molecule has 1 amide bonds. The van der Waals surface area contributed by atoms with E-state index in [0.29, 0.717) is 25.7 Å². The van der Waals surface area contributed by atoms with Crippen LogP contribution in [0.15, 0.2) is 48.8 Å². The van der Waals surface area contributed by atoms with E-state index in [1.54, 1.807) is 34.9 Å². The van der Waals surface area contributed by atoms with Gasteiger partial charge >= 0.3 is 5.97 Å². The Morgan fingerprint density at radius 1 is 1.26 bits per heavy atom. The Kier molecular flexibility index (Phi) is 8.41. The van der Waals surface area contributed by atoms with Crippen LogP contribution in [-0.2, 0) is 14.3 Å². The first-order valence-corrected chi connectivity index (χ1v) is 11.1. The van der Waals surface area contributed by atoms with Gasteiger partial charge in [-0.25, -0.2) is 4.68 Å². The molecule has 2 heterocycles. The predicted molar refractivity (Wildman–Crippen MR) is 121 cm³/mol. The Labute approximate surface area is 184 Å². The first-order valence-electron chi connectivity index (χ1n) is 11.1. The topological polar surface area (TPSA) is 67.7 Å². The molecule has 1 atom stereocenters. The van der Waals surface area contributed by atoms with Gasteiger partial charge in [0.15, 0.2) is 0 Å². The number of hydrogen-bond acceptors (Lipinski definition) is 5. The van der Waals surface area contributed by atoms with Gasteiger partial charge in [-0.15, -0.1) is 0 Å². The van der Waals surface area contributed by atoms with Crippen LogP contribution in [0.5, 0.6) is 0 Å². The molecule has 0 N–H and O–H groups in total. The summed E-state index contributed by atoms with van der Waals surface area (Å²) in [6, 6.07) is 10.2. The second-order valence-electron chi connectivity index (χ2n) is 7.65. The first-order chi connectivity index (χ1) is 15.1. The highest BCUT2D eigenvalue weighted by molar-refractivity contribution is 5.92. The molecule has 2 aromatic rings. The van der Waals surface area contributed by atoms with Gasteiger partial charge in [0.25, 0.3) is 0 Å². The van der Waals surface area contributed by atoms with Gasteiger partial charge in [0.05, 0.1) is 24.9 Å². The molecule has 1 saturated heterocycles. The lowest BCUT2D eigenvalue weighted by molar-refractivity contribution is -0.143. The number of carbonyl (C=O) groups excluding carboxylic acids is 2. The van der Waals surface area contributed by atoms with E-state index in [9.17, 15) is 9.59 Å². The SMILES string of the molecule is CCOC(=O)CCN(CC1CCCN1CC)C(=O)/C=C/c1cnn(-c2ccccc2)c1. The van der Waals surface area contributed by atoms with Crippen molar-refractivity contribution in [3.63, 3.8) is 0 Å². The normalized spacial score (nSPS) is 16.6. The molecule has 0 spiro atoms. The highest BCUT2D eigenvalue weighted by Crippen LogP contribution is 2.18. The van der Waals surface area contributed by atoms with E-state index in [0.717, 1.165) is 37.2 Å². The molecule has 1 fully saturated rings. The summed E-state index contributed by atoms with van der Waals surface area (Å²) in [5.74, 6) is -0.369. The summed E-state index contributed by atoms with van der Waals surface area (Å²) in [4.78, 5) is 29.0. The van der Waals surface area contributed by atoms with Crippen molar-refractivity contribution in [3.8, 4) is 5.69 Å². The minimum Gasteiger partial charge on any atom is -0.466 e. The molecular formula is C24H32N4O3. The molecule has 7 heteroatoms. The van der Waals surface area contributed by atoms with Crippen LogP contribution in [-0.4, -0.2) is 70.3 Å². The zero-order valence-electron chi connectivity index (χ0n) is 18.4. The van der Waals surface area contributed by atoms with Crippen LogP contribution >= 0.6 is 0 Å². The molecule has 0 radical (unpaired) electrons. The molecule has 0 aliphatic carbocycles. The number of hydrogen-bond donors (Lipinski definition) is 0. The Balaban J connectivity index is 1.66. The monoisotopic (exact) mass is 424 g/mol. The Hall–Kier alpha value is -2.93. The number of amides is 1. The molecule has 0 saturated carbocycles. The molecule has 3 rings (SSSR count). The number of likely N-dealkylation sites (N-methyl/N-ethyl adjacent to an activating group) is 1. The molecule has 1 aliphatic rings. The van der Waals surface area contributed by atoms with Crippen LogP contribution in [0.4, 0.5) is 0 Å². The van der Waals surface area contributed by atoms with E-state index in [4.69, 9.17) is 4.74 Å². The quantitative estimate of drug-likeness (QED) is 0.433. The lowest BCUT2D eigenvalue weighted by atomic mass is 10.2. The van der Waals surface area contributed by atoms with Crippen molar-refractivity contribution in [3.05, 3.63) is 54.4 Å². The lowest BCUT2D eigenvalue weighted by Gasteiger charge is -2.29. The number of nitrogens with zero attached hydrogens (tertiary/aromatic N) is 4. The summed E-state index contributed by atoms with van der Waals surface area (Å²) in [6.07, 6.45) is 9.39. The number of rotatable bonds is 10. The molecule has 1 aliphatic heterocycles. The zero-order valence-corrected chi connectivity index (χ0v) is 18.4. The highest BCUT2D eigenvalue weighted by atomic mass is 16.5. The number of benzene rings is 1. The van der Waals surface area contributed by atoms with Gasteiger partial charge in [-0.1, -0.05) is 25.1 Å². The molecule has 166 valence electrons. The fourth-order valence-electron chi connectivity index (χ4n) is 3.94. The minimum atomic E-state index is -0.271. The Bertz CT molecular complexity index is 878. The van der Waals surface area contributed by atoms with Gasteiger partial charge in [0.1, 0.15) is 0 Å². The van der Waals surface area contributed by atoms with Crippen molar-refractivity contribution in [2.75, 3.05) is 32.8 Å². The van der Waals surface area contributed by atoms with Crippen molar-refractivity contribution in [1.82, 2.24) is 19.6 Å². The van der Waals surface area contributed by atoms with E-state index < -0.39 is 0 Å². The first kappa shape index (κ1) is 22.7. The maximum atomic E-state index is 13.0. The smallest absolute Gasteiger partial charge is 0.307 e. The predicted octanol–water partition coefficient (Wildman–Crippen LogP) is 3.15. The second kappa shape index (κ2) is 11.5. The van der Waals surface area contributed by atoms with Gasteiger partial charge in [0.2, 0.25) is 5.91 Å². The molecule has 1 unspecified atom stereocenters. The van der Waals surface area contributed by atoms with Crippen LogP contribution in [0.3, 0.4) is 0 Å². The van der Waals surface area contributed by atoms with Crippen molar-refractivity contribution in [2.24, 2.45) is 0 Å². The standard InChI is InChI=1S/C24H32N4O3/c1-3-26-15-8-11-22(26)19-27(16-14-24(30)31-4-2)23(29)13-12-20-17-25-28(18-20)21-9-6-5-7-10-21/h5-7,9-10,12-13,17-18,22H,3-4,8,11,14-16,19H2,1-2H3/b13-12+. The number of esters is 1. The van der Waals surface area contributed by atoms with Gasteiger partial charge in [0, 0.05) is 37.0 Å². The van der Waals surface area contributed by atoms with E-state index >= 15 is 0 Å². The van der Waals surface area contributed by atoms with E-state index in [1.807, 2.05) is 36.5 Å². The van der Waals surface area contributed by atoms with Crippen molar-refractivity contribution in [2.45, 2.75) is 39.2 Å². The highest BCUT2D eigenvalue weighted by Gasteiger charge is 2.26. The maximum Gasteiger partial charge on any atom is 0.307 e. The van der Waals surface area contributed by atoms with Gasteiger partial charge in [-0.05, 0) is 51.1 Å². The van der Waals surface area contributed by atoms with Crippen LogP contribution < -0.4 is 0 Å². The molecular weight excluding hydrogens is 392 g/mol. The number of aromatic nitrogens is 2. The third kappa shape index (κ3) is 6.52. The second-order valence-corrected chi connectivity index (χ2v) is 7.65. The van der Waals surface area contributed by atoms with Gasteiger partial charge in [-0.2, -0.15) is 5.10 Å². The zero-order chi connectivity index (χ0) is 22.1. The molecule has 0 bridgehead atoms. The number of likely N-dealkylation sites (tertiary alicyclic amines) is 1. The summed E-state index contributed by atoms with van der Waals surface area (Å²) in [7, 11) is 0. The summed E-state index contributed by atoms with van der Waals surface area (Å²) in [5.41, 5.74) is 1.81. The Morgan fingerprint density at radius 2 is 2.06 bits per heavy atom. The number of para-hydroxylation sites is 1. The average molecular weight is 425 g/mol. The third-order valence-corrected chi connectivity index (χ3v) is 5.58. The summed E-state index contributed by atoms with van der Waals surface area (Å²) in [6.45, 7) is 7.31. The van der Waals surface area contributed by atoms with Crippen molar-refractivity contribution < 1.29 is 14.3 Å². The van der Waals surface area contributed by atoms with Crippen molar-refractivity contribution >= 4 is 18.0 Å². The van der Waals surface area contributed by atoms with E-state index in [2.05, 4.69) is 16.9 Å². The minimum absolute atomic E-state index is 0.0975. The average Bonchev–Trinajstić information content (AvgIpc) is 3.45. The van der Waals surface area contributed by atoms with Gasteiger partial charge < -0.3 is 9.64 Å². The van der Waals surface area contributed by atoms with E-state index in [1.165, 1.54) is 0 Å². The van der Waals surface area contributed by atoms with Crippen LogP contribution in [0, 0.1) is 0 Å². The van der Waals surface area contributed by atoms with Gasteiger partial charge in [-0.3, -0.25) is 14.5 Å². The molecule has 31 heavy (non-hydrogen) atoms. The summed E-state index contributed by atoms with van der Waals surface area (Å²) >= 11 is 0. The largest absolute Gasteiger partial charge is 0.466 e. The Morgan fingerprint density at radius 3 is 2.81 bits per heavy atom. The van der Waals surface area contributed by atoms with Crippen molar-refractivity contribution in [1.29, 1.82) is 0 Å². The molecule has 1 aromatic carbocycles. The van der Waals surface area contributed by atoms with Crippen LogP contribution in [0.1, 0.15) is 38.7 Å². The maximum absolute atomic E-state index is 13.0. The summed E-state index contributed by atoms with van der Waals surface area (Å²) < 4.78 is 6.82. The number of carbonyl (C=O) groups is 2. The molecule has 1 aromatic heterocycles. The van der Waals surface area contributed by atoms with Crippen LogP contribution in [0.25, 0.3) is 11.8 Å². The third-order valence-electron chi connectivity index (χ3n) is 5.58.